The molecule has 1 saturated carbocycles. The Bertz CT molecular complexity index is 731. The van der Waals surface area contributed by atoms with Crippen molar-refractivity contribution in [2.45, 2.75) is 25.4 Å². The van der Waals surface area contributed by atoms with Crippen LogP contribution in [0, 0.1) is 5.92 Å². The predicted octanol–water partition coefficient (Wildman–Crippen LogP) is 2.54. The molecule has 4 rings (SSSR count). The summed E-state index contributed by atoms with van der Waals surface area (Å²) in [4.78, 5) is 18.7. The first-order valence-electron chi connectivity index (χ1n) is 8.94. The van der Waals surface area contributed by atoms with Crippen molar-refractivity contribution in [3.05, 3.63) is 59.9 Å². The Morgan fingerprint density at radius 2 is 2.04 bits per heavy atom. The number of nitrogens with zero attached hydrogens (tertiary/aromatic N) is 2. The molecular formula is C20H23N3O2. The molecule has 2 aromatic rings. The van der Waals surface area contributed by atoms with Crippen LogP contribution in [-0.2, 0) is 11.3 Å². The van der Waals surface area contributed by atoms with Crippen LogP contribution in [0.4, 0.5) is 0 Å². The molecule has 1 aliphatic heterocycles. The fourth-order valence-corrected chi connectivity index (χ4v) is 3.36. The molecule has 0 radical (unpaired) electrons. The minimum Gasteiger partial charge on any atom is -0.483 e. The summed E-state index contributed by atoms with van der Waals surface area (Å²) in [6.07, 6.45) is 4.34. The highest BCUT2D eigenvalue weighted by Crippen LogP contribution is 2.40. The van der Waals surface area contributed by atoms with E-state index in [1.165, 1.54) is 12.8 Å². The van der Waals surface area contributed by atoms with Crippen LogP contribution in [0.15, 0.2) is 48.7 Å². The van der Waals surface area contributed by atoms with Crippen molar-refractivity contribution in [2.24, 2.45) is 5.92 Å². The van der Waals surface area contributed by atoms with E-state index in [1.54, 1.807) is 0 Å². The zero-order valence-corrected chi connectivity index (χ0v) is 14.2. The van der Waals surface area contributed by atoms with Gasteiger partial charge in [0.2, 0.25) is 0 Å². The van der Waals surface area contributed by atoms with Crippen LogP contribution < -0.4 is 10.1 Å². The van der Waals surface area contributed by atoms with Crippen molar-refractivity contribution < 1.29 is 9.53 Å². The van der Waals surface area contributed by atoms with Crippen LogP contribution in [0.3, 0.4) is 0 Å². The molecule has 1 atom stereocenters. The first kappa shape index (κ1) is 16.1. The molecule has 1 aliphatic carbocycles. The van der Waals surface area contributed by atoms with Gasteiger partial charge >= 0.3 is 0 Å². The second-order valence-electron chi connectivity index (χ2n) is 6.74. The van der Waals surface area contributed by atoms with Crippen molar-refractivity contribution in [1.82, 2.24) is 15.2 Å². The Morgan fingerprint density at radius 1 is 1.20 bits per heavy atom. The van der Waals surface area contributed by atoms with Gasteiger partial charge in [-0.1, -0.05) is 24.3 Å². The number of carbonyl (C=O) groups excluding carboxylic acids is 1. The number of fused-ring (bicyclic) bond motifs is 1. The Kier molecular flexibility index (Phi) is 4.65. The third-order valence-corrected chi connectivity index (χ3v) is 4.88. The number of para-hydroxylation sites is 1. The van der Waals surface area contributed by atoms with Crippen LogP contribution in [0.5, 0.6) is 5.75 Å². The minimum absolute atomic E-state index is 0.0406. The zero-order valence-electron chi connectivity index (χ0n) is 14.2. The summed E-state index contributed by atoms with van der Waals surface area (Å²) in [5.41, 5.74) is 2.16. The Labute approximate surface area is 148 Å². The Morgan fingerprint density at radius 3 is 2.84 bits per heavy atom. The summed E-state index contributed by atoms with van der Waals surface area (Å²) in [5.74, 6) is 1.52. The van der Waals surface area contributed by atoms with Gasteiger partial charge in [-0.2, -0.15) is 0 Å². The van der Waals surface area contributed by atoms with Crippen LogP contribution >= 0.6 is 0 Å². The van der Waals surface area contributed by atoms with Crippen LogP contribution in [0.2, 0.25) is 0 Å². The van der Waals surface area contributed by atoms with E-state index < -0.39 is 0 Å². The van der Waals surface area contributed by atoms with Gasteiger partial charge in [0.15, 0.2) is 6.61 Å². The van der Waals surface area contributed by atoms with Crippen LogP contribution in [0.1, 0.15) is 30.1 Å². The lowest BCUT2D eigenvalue weighted by atomic mass is 10.1. The van der Waals surface area contributed by atoms with Gasteiger partial charge in [0, 0.05) is 31.4 Å². The fourth-order valence-electron chi connectivity index (χ4n) is 3.36. The highest BCUT2D eigenvalue weighted by Gasteiger charge is 2.33. The highest BCUT2D eigenvalue weighted by atomic mass is 16.5. The number of aromatic nitrogens is 1. The lowest BCUT2D eigenvalue weighted by Gasteiger charge is -2.23. The lowest BCUT2D eigenvalue weighted by Crippen LogP contribution is -2.39. The van der Waals surface area contributed by atoms with E-state index in [2.05, 4.69) is 16.4 Å². The van der Waals surface area contributed by atoms with Crippen LogP contribution in [0.25, 0.3) is 0 Å². The molecule has 1 N–H and O–H groups in total. The van der Waals surface area contributed by atoms with E-state index in [0.717, 1.165) is 23.6 Å². The summed E-state index contributed by atoms with van der Waals surface area (Å²) in [6, 6.07) is 14.2. The van der Waals surface area contributed by atoms with E-state index in [-0.39, 0.29) is 18.6 Å². The van der Waals surface area contributed by atoms with E-state index in [0.29, 0.717) is 19.0 Å². The van der Waals surface area contributed by atoms with Crippen molar-refractivity contribution in [3.63, 3.8) is 0 Å². The maximum absolute atomic E-state index is 12.3. The third kappa shape index (κ3) is 3.82. The quantitative estimate of drug-likeness (QED) is 0.880. The average Bonchev–Trinajstić information content (AvgIpc) is 3.49. The number of amides is 1. The smallest absolute Gasteiger partial charge is 0.260 e. The topological polar surface area (TPSA) is 54.5 Å². The van der Waals surface area contributed by atoms with E-state index in [1.807, 2.05) is 47.5 Å². The number of nitrogens with one attached hydrogen (secondary N) is 1. The first-order chi connectivity index (χ1) is 12.3. The lowest BCUT2D eigenvalue weighted by molar-refractivity contribution is -0.133. The van der Waals surface area contributed by atoms with Gasteiger partial charge in [0.1, 0.15) is 5.75 Å². The number of ether oxygens (including phenoxy) is 1. The zero-order chi connectivity index (χ0) is 17.1. The molecule has 1 aromatic heterocycles. The number of rotatable bonds is 6. The van der Waals surface area contributed by atoms with Gasteiger partial charge in [0.25, 0.3) is 5.91 Å². The number of carbonyl (C=O) groups is 1. The van der Waals surface area contributed by atoms with Crippen molar-refractivity contribution in [3.8, 4) is 5.75 Å². The van der Waals surface area contributed by atoms with E-state index in [9.17, 15) is 4.79 Å². The second-order valence-corrected chi connectivity index (χ2v) is 6.74. The number of hydrogen-bond acceptors (Lipinski definition) is 4. The standard InChI is InChI=1S/C20H23N3O2/c24-19-14-25-18-7-2-1-5-16(18)13-23(19)12-11-22-20(15-8-9-15)17-6-3-4-10-21-17/h1-7,10,15,20,22H,8-9,11-14H2. The van der Waals surface area contributed by atoms with Gasteiger partial charge in [-0.05, 0) is 37.0 Å². The molecule has 130 valence electrons. The summed E-state index contributed by atoms with van der Waals surface area (Å²) >= 11 is 0. The molecule has 5 nitrogen and oxygen atoms in total. The van der Waals surface area contributed by atoms with Gasteiger partial charge in [-0.25, -0.2) is 0 Å². The first-order valence-corrected chi connectivity index (χ1v) is 8.94. The van der Waals surface area contributed by atoms with Gasteiger partial charge in [-0.15, -0.1) is 0 Å². The van der Waals surface area contributed by atoms with Gasteiger partial charge in [0.05, 0.1) is 11.7 Å². The van der Waals surface area contributed by atoms with Crippen molar-refractivity contribution >= 4 is 5.91 Å². The minimum atomic E-state index is 0.0406. The summed E-state index contributed by atoms with van der Waals surface area (Å²) < 4.78 is 5.61. The highest BCUT2D eigenvalue weighted by molar-refractivity contribution is 5.78. The average molecular weight is 337 g/mol. The van der Waals surface area contributed by atoms with Gasteiger partial charge < -0.3 is 15.0 Å². The monoisotopic (exact) mass is 337 g/mol. The summed E-state index contributed by atoms with van der Waals surface area (Å²) in [5, 5.41) is 3.61. The Balaban J connectivity index is 1.38. The van der Waals surface area contributed by atoms with Crippen molar-refractivity contribution in [1.29, 1.82) is 0 Å². The maximum atomic E-state index is 12.3. The van der Waals surface area contributed by atoms with E-state index >= 15 is 0 Å². The molecule has 1 aromatic carbocycles. The fraction of sp³-hybridized carbons (Fsp3) is 0.400. The SMILES string of the molecule is O=C1COc2ccccc2CN1CCNC(c1ccccn1)C1CC1. The van der Waals surface area contributed by atoms with E-state index in [4.69, 9.17) is 4.74 Å². The molecule has 0 bridgehead atoms. The Hall–Kier alpha value is -2.40. The normalized spacial score (nSPS) is 18.2. The number of hydrogen-bond donors (Lipinski definition) is 1. The predicted molar refractivity (Wildman–Crippen MR) is 95.1 cm³/mol. The largest absolute Gasteiger partial charge is 0.483 e. The molecule has 1 fully saturated rings. The molecule has 1 unspecified atom stereocenters. The number of benzene rings is 1. The number of pyridine rings is 1. The van der Waals surface area contributed by atoms with Crippen molar-refractivity contribution in [2.75, 3.05) is 19.7 Å². The van der Waals surface area contributed by atoms with Crippen LogP contribution in [-0.4, -0.2) is 35.5 Å². The van der Waals surface area contributed by atoms with Gasteiger partial charge in [-0.3, -0.25) is 9.78 Å². The second kappa shape index (κ2) is 7.23. The molecule has 25 heavy (non-hydrogen) atoms. The maximum Gasteiger partial charge on any atom is 0.260 e. The molecule has 2 heterocycles. The summed E-state index contributed by atoms with van der Waals surface area (Å²) in [6.45, 7) is 2.15. The molecule has 2 aliphatic rings. The molecule has 0 saturated heterocycles. The molecule has 0 spiro atoms. The summed E-state index contributed by atoms with van der Waals surface area (Å²) in [7, 11) is 0. The third-order valence-electron chi connectivity index (χ3n) is 4.88. The molecule has 5 heteroatoms. The molecule has 1 amide bonds. The molecular weight excluding hydrogens is 314 g/mol.